The average molecular weight is 431 g/mol. The van der Waals surface area contributed by atoms with Crippen molar-refractivity contribution in [3.05, 3.63) is 108 Å². The second kappa shape index (κ2) is 12.2. The quantitative estimate of drug-likeness (QED) is 0.473. The van der Waals surface area contributed by atoms with Gasteiger partial charge in [-0.1, -0.05) is 105 Å². The van der Waals surface area contributed by atoms with Crippen LogP contribution < -0.4 is 5.32 Å². The van der Waals surface area contributed by atoms with Crippen molar-refractivity contribution in [3.8, 4) is 0 Å². The standard InChI is InChI=1S/C28H34N2O2/c1-22(2)28(32)29-19-27(31)26(18-23-12-6-3-7-13-23)30(20-24-14-8-4-9-15-24)21-25-16-10-5-11-17-25/h3-17,22,26-27,31H,18-21H2,1-2H3,(H,29,32)/t26-,27+/m0/s1. The zero-order valence-electron chi connectivity index (χ0n) is 19.0. The van der Waals surface area contributed by atoms with Gasteiger partial charge in [0, 0.05) is 31.6 Å². The van der Waals surface area contributed by atoms with Crippen LogP contribution in [0.2, 0.25) is 0 Å². The number of amides is 1. The van der Waals surface area contributed by atoms with Crippen LogP contribution in [0.15, 0.2) is 91.0 Å². The van der Waals surface area contributed by atoms with Crippen molar-refractivity contribution in [1.29, 1.82) is 0 Å². The maximum atomic E-state index is 12.1. The first-order chi connectivity index (χ1) is 15.5. The molecule has 1 amide bonds. The molecule has 2 atom stereocenters. The molecule has 0 saturated carbocycles. The van der Waals surface area contributed by atoms with Crippen molar-refractivity contribution in [1.82, 2.24) is 10.2 Å². The van der Waals surface area contributed by atoms with E-state index in [2.05, 4.69) is 46.6 Å². The third-order valence-electron chi connectivity index (χ3n) is 5.67. The van der Waals surface area contributed by atoms with Crippen LogP contribution in [0.5, 0.6) is 0 Å². The van der Waals surface area contributed by atoms with E-state index in [1.165, 1.54) is 11.1 Å². The Bertz CT molecular complexity index is 888. The Morgan fingerprint density at radius 2 is 1.22 bits per heavy atom. The van der Waals surface area contributed by atoms with E-state index in [9.17, 15) is 9.90 Å². The number of nitrogens with zero attached hydrogens (tertiary/aromatic N) is 1. The van der Waals surface area contributed by atoms with Crippen molar-refractivity contribution in [2.24, 2.45) is 5.92 Å². The van der Waals surface area contributed by atoms with E-state index < -0.39 is 6.10 Å². The predicted octanol–water partition coefficient (Wildman–Crippen LogP) is 4.43. The molecule has 0 saturated heterocycles. The molecule has 3 aromatic carbocycles. The SMILES string of the molecule is CC(C)C(=O)NC[C@@H](O)[C@H](Cc1ccccc1)N(Cc1ccccc1)Cc1ccccc1. The van der Waals surface area contributed by atoms with Crippen LogP contribution in [0.25, 0.3) is 0 Å². The summed E-state index contributed by atoms with van der Waals surface area (Å²) in [6, 6.07) is 30.7. The van der Waals surface area contributed by atoms with Gasteiger partial charge in [-0.3, -0.25) is 9.69 Å². The molecule has 0 bridgehead atoms. The van der Waals surface area contributed by atoms with E-state index in [1.54, 1.807) is 0 Å². The zero-order valence-corrected chi connectivity index (χ0v) is 19.0. The predicted molar refractivity (Wildman–Crippen MR) is 130 cm³/mol. The Kier molecular flexibility index (Phi) is 9.02. The van der Waals surface area contributed by atoms with Crippen LogP contribution in [0.4, 0.5) is 0 Å². The summed E-state index contributed by atoms with van der Waals surface area (Å²) in [5.74, 6) is -0.153. The van der Waals surface area contributed by atoms with Crippen LogP contribution in [-0.2, 0) is 24.3 Å². The topological polar surface area (TPSA) is 52.6 Å². The van der Waals surface area contributed by atoms with Gasteiger partial charge in [0.05, 0.1) is 6.10 Å². The number of aliphatic hydroxyl groups excluding tert-OH is 1. The molecule has 32 heavy (non-hydrogen) atoms. The molecule has 0 radical (unpaired) electrons. The van der Waals surface area contributed by atoms with E-state index in [0.717, 1.165) is 5.56 Å². The van der Waals surface area contributed by atoms with E-state index in [1.807, 2.05) is 68.4 Å². The van der Waals surface area contributed by atoms with E-state index in [-0.39, 0.29) is 24.4 Å². The summed E-state index contributed by atoms with van der Waals surface area (Å²) in [6.07, 6.45) is -0.00972. The number of aliphatic hydroxyl groups is 1. The highest BCUT2D eigenvalue weighted by Crippen LogP contribution is 2.19. The number of hydrogen-bond donors (Lipinski definition) is 2. The van der Waals surface area contributed by atoms with Crippen LogP contribution in [0.3, 0.4) is 0 Å². The minimum absolute atomic E-state index is 0.0415. The Morgan fingerprint density at radius 1 is 0.781 bits per heavy atom. The minimum atomic E-state index is -0.703. The summed E-state index contributed by atoms with van der Waals surface area (Å²) in [5.41, 5.74) is 3.55. The normalized spacial score (nSPS) is 13.2. The lowest BCUT2D eigenvalue weighted by Gasteiger charge is -2.35. The molecule has 0 aromatic heterocycles. The highest BCUT2D eigenvalue weighted by atomic mass is 16.3. The fraction of sp³-hybridized carbons (Fsp3) is 0.321. The van der Waals surface area contributed by atoms with Gasteiger partial charge in [-0.25, -0.2) is 0 Å². The van der Waals surface area contributed by atoms with E-state index >= 15 is 0 Å². The van der Waals surface area contributed by atoms with E-state index in [4.69, 9.17) is 0 Å². The monoisotopic (exact) mass is 430 g/mol. The van der Waals surface area contributed by atoms with Crippen LogP contribution >= 0.6 is 0 Å². The van der Waals surface area contributed by atoms with Crippen molar-refractivity contribution >= 4 is 5.91 Å². The summed E-state index contributed by atoms with van der Waals surface area (Å²) in [7, 11) is 0. The van der Waals surface area contributed by atoms with Crippen LogP contribution in [0.1, 0.15) is 30.5 Å². The molecule has 0 heterocycles. The van der Waals surface area contributed by atoms with Gasteiger partial charge in [0.1, 0.15) is 0 Å². The third kappa shape index (κ3) is 7.33. The number of benzene rings is 3. The molecule has 0 spiro atoms. The fourth-order valence-electron chi connectivity index (χ4n) is 3.84. The molecule has 4 nitrogen and oxygen atoms in total. The molecule has 0 aliphatic heterocycles. The smallest absolute Gasteiger partial charge is 0.222 e. The lowest BCUT2D eigenvalue weighted by molar-refractivity contribution is -0.124. The Hall–Kier alpha value is -2.95. The van der Waals surface area contributed by atoms with Gasteiger partial charge in [-0.15, -0.1) is 0 Å². The summed E-state index contributed by atoms with van der Waals surface area (Å²) in [4.78, 5) is 14.5. The molecule has 4 heteroatoms. The van der Waals surface area contributed by atoms with Crippen molar-refractivity contribution in [3.63, 3.8) is 0 Å². The highest BCUT2D eigenvalue weighted by molar-refractivity contribution is 5.77. The third-order valence-corrected chi connectivity index (χ3v) is 5.67. The number of nitrogens with one attached hydrogen (secondary N) is 1. The molecular weight excluding hydrogens is 396 g/mol. The maximum absolute atomic E-state index is 12.1. The maximum Gasteiger partial charge on any atom is 0.222 e. The zero-order chi connectivity index (χ0) is 22.8. The fourth-order valence-corrected chi connectivity index (χ4v) is 3.84. The van der Waals surface area contributed by atoms with Gasteiger partial charge in [0.25, 0.3) is 0 Å². The summed E-state index contributed by atoms with van der Waals surface area (Å²) in [6.45, 7) is 5.37. The van der Waals surface area contributed by atoms with Crippen molar-refractivity contribution in [2.45, 2.75) is 45.5 Å². The first-order valence-corrected chi connectivity index (χ1v) is 11.3. The summed E-state index contributed by atoms with van der Waals surface area (Å²) in [5, 5.41) is 14.2. The highest BCUT2D eigenvalue weighted by Gasteiger charge is 2.27. The molecule has 3 aromatic rings. The first-order valence-electron chi connectivity index (χ1n) is 11.3. The van der Waals surface area contributed by atoms with Gasteiger partial charge in [-0.2, -0.15) is 0 Å². The van der Waals surface area contributed by atoms with Crippen LogP contribution in [0, 0.1) is 5.92 Å². The Morgan fingerprint density at radius 3 is 1.66 bits per heavy atom. The summed E-state index contributed by atoms with van der Waals surface area (Å²) >= 11 is 0. The van der Waals surface area contributed by atoms with Gasteiger partial charge < -0.3 is 10.4 Å². The van der Waals surface area contributed by atoms with E-state index in [0.29, 0.717) is 19.5 Å². The molecule has 2 N–H and O–H groups in total. The second-order valence-electron chi connectivity index (χ2n) is 8.60. The lowest BCUT2D eigenvalue weighted by atomic mass is 9.97. The molecule has 3 rings (SSSR count). The van der Waals surface area contributed by atoms with Gasteiger partial charge >= 0.3 is 0 Å². The molecule has 0 unspecified atom stereocenters. The second-order valence-corrected chi connectivity index (χ2v) is 8.60. The minimum Gasteiger partial charge on any atom is -0.390 e. The van der Waals surface area contributed by atoms with Gasteiger partial charge in [0.2, 0.25) is 5.91 Å². The van der Waals surface area contributed by atoms with Gasteiger partial charge in [-0.05, 0) is 23.1 Å². The number of carbonyl (C=O) groups excluding carboxylic acids is 1. The molecule has 0 aliphatic rings. The first kappa shape index (κ1) is 23.7. The number of hydrogen-bond acceptors (Lipinski definition) is 3. The molecule has 168 valence electrons. The molecule has 0 aliphatic carbocycles. The largest absolute Gasteiger partial charge is 0.390 e. The molecule has 0 fully saturated rings. The lowest BCUT2D eigenvalue weighted by Crippen LogP contribution is -2.49. The average Bonchev–Trinajstić information content (AvgIpc) is 2.82. The molecular formula is C28H34N2O2. The Labute approximate surface area is 191 Å². The number of carbonyl (C=O) groups is 1. The Balaban J connectivity index is 1.87. The number of rotatable bonds is 11. The van der Waals surface area contributed by atoms with Crippen molar-refractivity contribution in [2.75, 3.05) is 6.54 Å². The van der Waals surface area contributed by atoms with Crippen molar-refractivity contribution < 1.29 is 9.90 Å². The van der Waals surface area contributed by atoms with Gasteiger partial charge in [0.15, 0.2) is 0 Å². The summed E-state index contributed by atoms with van der Waals surface area (Å²) < 4.78 is 0. The van der Waals surface area contributed by atoms with Crippen LogP contribution in [-0.4, -0.2) is 34.6 Å².